The van der Waals surface area contributed by atoms with Crippen LogP contribution in [0, 0.1) is 13.8 Å². The van der Waals surface area contributed by atoms with E-state index in [1.165, 1.54) is 0 Å². The molecule has 1 aliphatic carbocycles. The van der Waals surface area contributed by atoms with Crippen molar-refractivity contribution in [3.63, 3.8) is 0 Å². The third-order valence-corrected chi connectivity index (χ3v) is 5.99. The van der Waals surface area contributed by atoms with Crippen molar-refractivity contribution in [1.82, 2.24) is 14.7 Å². The van der Waals surface area contributed by atoms with Crippen LogP contribution in [-0.2, 0) is 4.74 Å². The van der Waals surface area contributed by atoms with Crippen LogP contribution in [0.25, 0.3) is 22.2 Å². The zero-order valence-electron chi connectivity index (χ0n) is 19.9. The van der Waals surface area contributed by atoms with E-state index in [0.717, 1.165) is 52.3 Å². The summed E-state index contributed by atoms with van der Waals surface area (Å²) in [4.78, 5) is 4.87. The molecule has 1 fully saturated rings. The molecule has 0 spiro atoms. The standard InChI is InChI=1S/C22H30N4O3/c1-13-21(14(2)29-25-13)15-4-9-20-19(12-15)24-22(18(23)10-11-27)26(20)16-5-7-17(28-3)8-6-16/h4,9,12,16-18,27H,5-8,10-11,23H2,1-3H3/t16?,17?,18-/m0/s1/i3D3. The summed E-state index contributed by atoms with van der Waals surface area (Å²) >= 11 is 0. The first kappa shape index (κ1) is 16.6. The average molecular weight is 402 g/mol. The number of benzene rings is 1. The summed E-state index contributed by atoms with van der Waals surface area (Å²) in [5, 5.41) is 13.5. The topological polar surface area (TPSA) is 99.3 Å². The van der Waals surface area contributed by atoms with Gasteiger partial charge in [-0.25, -0.2) is 4.98 Å². The van der Waals surface area contributed by atoms with Gasteiger partial charge in [0.05, 0.1) is 33.0 Å². The Morgan fingerprint density at radius 2 is 2.14 bits per heavy atom. The summed E-state index contributed by atoms with van der Waals surface area (Å²) in [5.41, 5.74) is 11.0. The molecule has 1 atom stereocenters. The zero-order chi connectivity index (χ0) is 23.0. The van der Waals surface area contributed by atoms with Crippen molar-refractivity contribution in [2.75, 3.05) is 13.6 Å². The van der Waals surface area contributed by atoms with Gasteiger partial charge >= 0.3 is 0 Å². The summed E-state index contributed by atoms with van der Waals surface area (Å²) in [6, 6.07) is 5.85. The smallest absolute Gasteiger partial charge is 0.141 e. The molecule has 0 unspecified atom stereocenters. The summed E-state index contributed by atoms with van der Waals surface area (Å²) in [6.07, 6.45) is 3.02. The Morgan fingerprint density at radius 3 is 2.79 bits per heavy atom. The van der Waals surface area contributed by atoms with Gasteiger partial charge in [-0.1, -0.05) is 11.2 Å². The second-order valence-electron chi connectivity index (χ2n) is 7.91. The molecule has 0 aliphatic heterocycles. The summed E-state index contributed by atoms with van der Waals surface area (Å²) in [7, 11) is -2.37. The molecule has 7 heteroatoms. The molecular formula is C22H30N4O3. The molecule has 156 valence electrons. The zero-order valence-corrected chi connectivity index (χ0v) is 16.9. The first-order chi connectivity index (χ1) is 15.2. The average Bonchev–Trinajstić information content (AvgIpc) is 3.27. The lowest BCUT2D eigenvalue weighted by Gasteiger charge is -2.30. The van der Waals surface area contributed by atoms with Gasteiger partial charge in [-0.3, -0.25) is 0 Å². The van der Waals surface area contributed by atoms with E-state index in [4.69, 9.17) is 24.1 Å². The van der Waals surface area contributed by atoms with Crippen molar-refractivity contribution in [3.05, 3.63) is 35.5 Å². The quantitative estimate of drug-likeness (QED) is 0.651. The molecule has 7 nitrogen and oxygen atoms in total. The molecule has 29 heavy (non-hydrogen) atoms. The molecule has 0 saturated heterocycles. The summed E-state index contributed by atoms with van der Waals surface area (Å²) < 4.78 is 34.8. The number of aliphatic hydroxyl groups excluding tert-OH is 1. The number of nitrogens with zero attached hydrogens (tertiary/aromatic N) is 3. The van der Waals surface area contributed by atoms with E-state index in [2.05, 4.69) is 9.72 Å². The van der Waals surface area contributed by atoms with Crippen LogP contribution in [0.2, 0.25) is 0 Å². The Bertz CT molecular complexity index is 1060. The fourth-order valence-corrected chi connectivity index (χ4v) is 4.50. The van der Waals surface area contributed by atoms with Crippen LogP contribution >= 0.6 is 0 Å². The minimum Gasteiger partial charge on any atom is -0.396 e. The third kappa shape index (κ3) is 3.70. The van der Waals surface area contributed by atoms with E-state index in [9.17, 15) is 5.11 Å². The van der Waals surface area contributed by atoms with Gasteiger partial charge in [0.15, 0.2) is 0 Å². The molecule has 1 saturated carbocycles. The van der Waals surface area contributed by atoms with E-state index < -0.39 is 13.1 Å². The predicted octanol–water partition coefficient (Wildman–Crippen LogP) is 3.82. The molecule has 3 aromatic rings. The fraction of sp³-hybridized carbons (Fsp3) is 0.545. The number of nitrogens with two attached hydrogens (primary N) is 1. The molecular weight excluding hydrogens is 368 g/mol. The maximum absolute atomic E-state index is 9.44. The second-order valence-corrected chi connectivity index (χ2v) is 7.91. The Kier molecular flexibility index (Phi) is 4.72. The van der Waals surface area contributed by atoms with Crippen molar-refractivity contribution in [2.45, 2.75) is 64.1 Å². The Labute approximate surface area is 175 Å². The molecule has 0 radical (unpaired) electrons. The largest absolute Gasteiger partial charge is 0.396 e. The number of rotatable bonds is 6. The lowest BCUT2D eigenvalue weighted by Crippen LogP contribution is -2.26. The minimum atomic E-state index is -2.37. The van der Waals surface area contributed by atoms with Crippen molar-refractivity contribution < 1.29 is 18.5 Å². The van der Waals surface area contributed by atoms with Crippen LogP contribution in [0.15, 0.2) is 22.7 Å². The van der Waals surface area contributed by atoms with E-state index in [-0.39, 0.29) is 18.8 Å². The number of imidazole rings is 1. The second kappa shape index (κ2) is 8.26. The maximum Gasteiger partial charge on any atom is 0.141 e. The van der Waals surface area contributed by atoms with Crippen LogP contribution in [0.3, 0.4) is 0 Å². The number of fused-ring (bicyclic) bond motifs is 1. The normalized spacial score (nSPS) is 23.0. The van der Waals surface area contributed by atoms with Crippen molar-refractivity contribution >= 4 is 11.0 Å². The maximum atomic E-state index is 9.44. The number of hydrogen-bond donors (Lipinski definition) is 2. The van der Waals surface area contributed by atoms with Gasteiger partial charge in [0.1, 0.15) is 11.6 Å². The van der Waals surface area contributed by atoms with Gasteiger partial charge in [-0.2, -0.15) is 0 Å². The van der Waals surface area contributed by atoms with Crippen LogP contribution in [0.1, 0.15) is 65.6 Å². The minimum absolute atomic E-state index is 0.0200. The third-order valence-electron chi connectivity index (χ3n) is 5.99. The number of ether oxygens (including phenoxy) is 1. The van der Waals surface area contributed by atoms with Gasteiger partial charge in [-0.15, -0.1) is 0 Å². The number of aryl methyl sites for hydroxylation is 2. The number of methoxy groups -OCH3 is 1. The van der Waals surface area contributed by atoms with E-state index in [1.54, 1.807) is 0 Å². The molecule has 2 aromatic heterocycles. The molecule has 1 aliphatic rings. The monoisotopic (exact) mass is 401 g/mol. The predicted molar refractivity (Wildman–Crippen MR) is 112 cm³/mol. The molecule has 3 N–H and O–H groups in total. The molecule has 2 heterocycles. The van der Waals surface area contributed by atoms with Crippen molar-refractivity contribution in [3.8, 4) is 11.1 Å². The molecule has 4 rings (SSSR count). The summed E-state index contributed by atoms with van der Waals surface area (Å²) in [6.45, 7) is 3.78. The fourth-order valence-electron chi connectivity index (χ4n) is 4.50. The van der Waals surface area contributed by atoms with E-state index in [1.807, 2.05) is 32.0 Å². The van der Waals surface area contributed by atoms with Crippen LogP contribution < -0.4 is 5.73 Å². The highest BCUT2D eigenvalue weighted by atomic mass is 16.5. The number of aromatic nitrogens is 3. The Hall–Kier alpha value is -2.22. The first-order valence-corrected chi connectivity index (χ1v) is 10.2. The first-order valence-electron chi connectivity index (χ1n) is 11.7. The highest BCUT2D eigenvalue weighted by Crippen LogP contribution is 2.37. The van der Waals surface area contributed by atoms with Gasteiger partial charge in [0, 0.05) is 25.3 Å². The number of aliphatic hydroxyl groups is 1. The highest BCUT2D eigenvalue weighted by molar-refractivity contribution is 5.83. The molecule has 0 bridgehead atoms. The van der Waals surface area contributed by atoms with Crippen LogP contribution in [-0.4, -0.2) is 39.6 Å². The summed E-state index contributed by atoms with van der Waals surface area (Å²) in [5.74, 6) is 1.50. The van der Waals surface area contributed by atoms with Gasteiger partial charge < -0.3 is 24.7 Å². The highest BCUT2D eigenvalue weighted by Gasteiger charge is 2.27. The Balaban J connectivity index is 1.70. The Morgan fingerprint density at radius 1 is 1.34 bits per heavy atom. The van der Waals surface area contributed by atoms with Gasteiger partial charge in [-0.05, 0) is 63.6 Å². The van der Waals surface area contributed by atoms with Gasteiger partial charge in [0.25, 0.3) is 0 Å². The van der Waals surface area contributed by atoms with E-state index in [0.29, 0.717) is 19.3 Å². The lowest BCUT2D eigenvalue weighted by molar-refractivity contribution is 0.0584. The van der Waals surface area contributed by atoms with Crippen molar-refractivity contribution in [1.29, 1.82) is 0 Å². The van der Waals surface area contributed by atoms with Crippen LogP contribution in [0.4, 0.5) is 0 Å². The lowest BCUT2D eigenvalue weighted by atomic mass is 9.92. The van der Waals surface area contributed by atoms with Crippen molar-refractivity contribution in [2.24, 2.45) is 5.73 Å². The number of hydrogen-bond acceptors (Lipinski definition) is 6. The SMILES string of the molecule is [2H]C([2H])([2H])OC1CCC(n2c([C@@H](N)CCO)nc3cc(-c4c(C)noc4C)ccc32)CC1. The van der Waals surface area contributed by atoms with Gasteiger partial charge in [0.2, 0.25) is 0 Å². The van der Waals surface area contributed by atoms with Crippen LogP contribution in [0.5, 0.6) is 0 Å². The van der Waals surface area contributed by atoms with E-state index >= 15 is 0 Å². The molecule has 0 amide bonds. The molecule has 1 aromatic carbocycles.